The first-order chi connectivity index (χ1) is 9.47. The van der Waals surface area contributed by atoms with Gasteiger partial charge in [0.25, 0.3) is 0 Å². The highest BCUT2D eigenvalue weighted by Crippen LogP contribution is 2.30. The number of amides is 1. The number of primary sulfonamides is 1. The lowest BCUT2D eigenvalue weighted by Crippen LogP contribution is -2.32. The lowest BCUT2D eigenvalue weighted by atomic mass is 10.1. The number of carbonyl (C=O) groups is 1. The van der Waals surface area contributed by atoms with Gasteiger partial charge in [0.15, 0.2) is 0 Å². The second-order valence-corrected chi connectivity index (χ2v) is 6.64. The van der Waals surface area contributed by atoms with E-state index in [0.29, 0.717) is 5.69 Å². The summed E-state index contributed by atoms with van der Waals surface area (Å²) in [6, 6.07) is 7.31. The lowest BCUT2D eigenvalue weighted by Gasteiger charge is -2.18. The lowest BCUT2D eigenvalue weighted by molar-refractivity contribution is -0.117. The molecule has 0 bridgehead atoms. The van der Waals surface area contributed by atoms with Crippen molar-refractivity contribution in [1.29, 1.82) is 0 Å². The highest BCUT2D eigenvalue weighted by Gasteiger charge is 2.37. The summed E-state index contributed by atoms with van der Waals surface area (Å²) in [5.41, 5.74) is 0.695. The molecular formula is C13H13N3O3S. The van der Waals surface area contributed by atoms with Gasteiger partial charge in [0.1, 0.15) is 5.25 Å². The topological polar surface area (TPSA) is 93.4 Å². The Kier molecular flexibility index (Phi) is 2.95. The number of benzene rings is 1. The van der Waals surface area contributed by atoms with E-state index in [-0.39, 0.29) is 18.9 Å². The predicted molar refractivity (Wildman–Crippen MR) is 75.6 cm³/mol. The molecular weight excluding hydrogens is 278 g/mol. The number of hydrogen-bond acceptors (Lipinski definition) is 4. The molecule has 1 fully saturated rings. The molecule has 0 spiro atoms. The standard InChI is InChI=1S/C13H13N3O3S/c14-20(18,19)10-6-13(17)16(8-10)12-3-1-2-9-7-15-5-4-11(9)12/h1-5,7,10H,6,8H2,(H2,14,18,19). The van der Waals surface area contributed by atoms with Crippen LogP contribution in [0.1, 0.15) is 6.42 Å². The van der Waals surface area contributed by atoms with E-state index in [1.807, 2.05) is 18.2 Å². The van der Waals surface area contributed by atoms with Crippen molar-refractivity contribution < 1.29 is 13.2 Å². The highest BCUT2D eigenvalue weighted by atomic mass is 32.2. The van der Waals surface area contributed by atoms with E-state index in [9.17, 15) is 13.2 Å². The van der Waals surface area contributed by atoms with Crippen LogP contribution in [0.25, 0.3) is 10.8 Å². The summed E-state index contributed by atoms with van der Waals surface area (Å²) in [4.78, 5) is 17.6. The molecule has 0 radical (unpaired) electrons. The van der Waals surface area contributed by atoms with Crippen molar-refractivity contribution >= 4 is 32.4 Å². The number of rotatable bonds is 2. The molecule has 1 aromatic carbocycles. The molecule has 1 atom stereocenters. The first-order valence-electron chi connectivity index (χ1n) is 6.11. The Balaban J connectivity index is 2.06. The Morgan fingerprint density at radius 1 is 1.30 bits per heavy atom. The van der Waals surface area contributed by atoms with Crippen LogP contribution in [0.4, 0.5) is 5.69 Å². The first kappa shape index (κ1) is 13.0. The van der Waals surface area contributed by atoms with Crippen LogP contribution in [-0.2, 0) is 14.8 Å². The van der Waals surface area contributed by atoms with Gasteiger partial charge in [-0.15, -0.1) is 0 Å². The summed E-state index contributed by atoms with van der Waals surface area (Å²) in [5.74, 6) is -0.228. The summed E-state index contributed by atoms with van der Waals surface area (Å²) in [7, 11) is -3.70. The third-order valence-corrected chi connectivity index (χ3v) is 4.75. The number of nitrogens with two attached hydrogens (primary N) is 1. The van der Waals surface area contributed by atoms with E-state index in [2.05, 4.69) is 4.98 Å². The maximum atomic E-state index is 12.1. The van der Waals surface area contributed by atoms with Gasteiger partial charge in [-0.2, -0.15) is 0 Å². The van der Waals surface area contributed by atoms with Crippen molar-refractivity contribution in [1.82, 2.24) is 4.98 Å². The Bertz CT molecular complexity index is 783. The average Bonchev–Trinajstić information content (AvgIpc) is 2.80. The summed E-state index contributed by atoms with van der Waals surface area (Å²) in [6.07, 6.45) is 3.28. The van der Waals surface area contributed by atoms with Crippen LogP contribution in [-0.4, -0.2) is 31.1 Å². The molecule has 104 valence electrons. The fourth-order valence-corrected chi connectivity index (χ4v) is 3.20. The zero-order valence-corrected chi connectivity index (χ0v) is 11.4. The Morgan fingerprint density at radius 2 is 2.10 bits per heavy atom. The van der Waals surface area contributed by atoms with E-state index in [1.54, 1.807) is 18.5 Å². The molecule has 1 saturated heterocycles. The zero-order valence-electron chi connectivity index (χ0n) is 10.6. The van der Waals surface area contributed by atoms with Crippen LogP contribution in [0.3, 0.4) is 0 Å². The summed E-state index contributed by atoms with van der Waals surface area (Å²) in [6.45, 7) is 0.0963. The molecule has 1 aliphatic rings. The van der Waals surface area contributed by atoms with Gasteiger partial charge in [-0.3, -0.25) is 9.78 Å². The predicted octanol–water partition coefficient (Wildman–Crippen LogP) is 0.629. The smallest absolute Gasteiger partial charge is 0.228 e. The van der Waals surface area contributed by atoms with Crippen LogP contribution in [0.15, 0.2) is 36.7 Å². The molecule has 0 saturated carbocycles. The normalized spacial score (nSPS) is 19.8. The van der Waals surface area contributed by atoms with E-state index in [1.165, 1.54) is 4.90 Å². The molecule has 1 aromatic heterocycles. The molecule has 6 nitrogen and oxygen atoms in total. The second-order valence-electron chi connectivity index (χ2n) is 4.79. The van der Waals surface area contributed by atoms with Gasteiger partial charge in [-0.25, -0.2) is 13.6 Å². The molecule has 2 N–H and O–H groups in total. The third-order valence-electron chi connectivity index (χ3n) is 3.50. The van der Waals surface area contributed by atoms with Gasteiger partial charge in [-0.05, 0) is 12.1 Å². The summed E-state index contributed by atoms with van der Waals surface area (Å²) in [5, 5.41) is 6.07. The number of fused-ring (bicyclic) bond motifs is 1. The third kappa shape index (κ3) is 2.14. The van der Waals surface area contributed by atoms with E-state index in [4.69, 9.17) is 5.14 Å². The van der Waals surface area contributed by atoms with Gasteiger partial charge < -0.3 is 4.90 Å². The molecule has 1 amide bonds. The number of aromatic nitrogens is 1. The first-order valence-corrected chi connectivity index (χ1v) is 7.72. The van der Waals surface area contributed by atoms with Gasteiger partial charge in [0.05, 0.1) is 5.69 Å². The van der Waals surface area contributed by atoms with Gasteiger partial charge in [0, 0.05) is 36.1 Å². The maximum absolute atomic E-state index is 12.1. The van der Waals surface area contributed by atoms with Crippen molar-refractivity contribution in [2.75, 3.05) is 11.4 Å². The maximum Gasteiger partial charge on any atom is 0.228 e. The molecule has 3 rings (SSSR count). The Labute approximate surface area is 116 Å². The molecule has 20 heavy (non-hydrogen) atoms. The van der Waals surface area contributed by atoms with Crippen LogP contribution in [0.5, 0.6) is 0 Å². The second kappa shape index (κ2) is 4.53. The molecule has 2 aromatic rings. The minimum Gasteiger partial charge on any atom is -0.310 e. The monoisotopic (exact) mass is 291 g/mol. The van der Waals surface area contributed by atoms with Crippen LogP contribution >= 0.6 is 0 Å². The van der Waals surface area contributed by atoms with Crippen molar-refractivity contribution in [3.05, 3.63) is 36.7 Å². The number of hydrogen-bond donors (Lipinski definition) is 1. The van der Waals surface area contributed by atoms with Crippen molar-refractivity contribution in [2.45, 2.75) is 11.7 Å². The number of carbonyl (C=O) groups excluding carboxylic acids is 1. The zero-order chi connectivity index (χ0) is 14.3. The SMILES string of the molecule is NS(=O)(=O)C1CC(=O)N(c2cccc3cnccc23)C1. The fourth-order valence-electron chi connectivity index (χ4n) is 2.47. The van der Waals surface area contributed by atoms with Crippen molar-refractivity contribution in [3.63, 3.8) is 0 Å². The summed E-state index contributed by atoms with van der Waals surface area (Å²) < 4.78 is 22.8. The largest absolute Gasteiger partial charge is 0.310 e. The molecule has 1 aliphatic heterocycles. The van der Waals surface area contributed by atoms with Gasteiger partial charge in [-0.1, -0.05) is 12.1 Å². The van der Waals surface area contributed by atoms with E-state index >= 15 is 0 Å². The quantitative estimate of drug-likeness (QED) is 0.878. The number of anilines is 1. The van der Waals surface area contributed by atoms with Crippen molar-refractivity contribution in [2.24, 2.45) is 5.14 Å². The van der Waals surface area contributed by atoms with E-state index < -0.39 is 15.3 Å². The van der Waals surface area contributed by atoms with Crippen molar-refractivity contribution in [3.8, 4) is 0 Å². The number of nitrogens with zero attached hydrogens (tertiary/aromatic N) is 2. The number of sulfonamides is 1. The Hall–Kier alpha value is -1.99. The Morgan fingerprint density at radius 3 is 2.80 bits per heavy atom. The minimum atomic E-state index is -3.70. The molecule has 0 aliphatic carbocycles. The van der Waals surface area contributed by atoms with Gasteiger partial charge in [0.2, 0.25) is 15.9 Å². The van der Waals surface area contributed by atoms with Crippen LogP contribution < -0.4 is 10.0 Å². The summed E-state index contributed by atoms with van der Waals surface area (Å²) >= 11 is 0. The molecule has 7 heteroatoms. The van der Waals surface area contributed by atoms with E-state index in [0.717, 1.165) is 10.8 Å². The van der Waals surface area contributed by atoms with Crippen LogP contribution in [0, 0.1) is 0 Å². The fraction of sp³-hybridized carbons (Fsp3) is 0.231. The molecule has 2 heterocycles. The van der Waals surface area contributed by atoms with Gasteiger partial charge >= 0.3 is 0 Å². The number of pyridine rings is 1. The van der Waals surface area contributed by atoms with Crippen LogP contribution in [0.2, 0.25) is 0 Å². The average molecular weight is 291 g/mol. The highest BCUT2D eigenvalue weighted by molar-refractivity contribution is 7.89. The molecule has 1 unspecified atom stereocenters. The minimum absolute atomic E-state index is 0.0691.